The van der Waals surface area contributed by atoms with Crippen LogP contribution in [0.5, 0.6) is 5.75 Å². The molecule has 5 nitrogen and oxygen atoms in total. The maximum absolute atomic E-state index is 11.6. The van der Waals surface area contributed by atoms with E-state index in [1.807, 2.05) is 0 Å². The first-order valence-corrected chi connectivity index (χ1v) is 8.25. The molecule has 1 aromatic carbocycles. The van der Waals surface area contributed by atoms with Crippen LogP contribution < -0.4 is 9.88 Å². The molecule has 0 spiro atoms. The molecule has 0 saturated carbocycles. The van der Waals surface area contributed by atoms with Crippen molar-refractivity contribution in [3.05, 3.63) is 22.2 Å². The number of aryl methyl sites for hydroxylation is 1. The summed E-state index contributed by atoms with van der Waals surface area (Å²) in [4.78, 5) is 0.0123. The van der Waals surface area contributed by atoms with Crippen LogP contribution in [0.1, 0.15) is 12.0 Å². The molecule has 7 heteroatoms. The van der Waals surface area contributed by atoms with E-state index >= 15 is 0 Å². The van der Waals surface area contributed by atoms with Crippen molar-refractivity contribution in [2.45, 2.75) is 18.2 Å². The van der Waals surface area contributed by atoms with Crippen LogP contribution in [0.25, 0.3) is 0 Å². The molecule has 1 heterocycles. The molecule has 2 N–H and O–H groups in total. The summed E-state index contributed by atoms with van der Waals surface area (Å²) in [6.07, 6.45) is 0.931. The van der Waals surface area contributed by atoms with Crippen LogP contribution in [0.2, 0.25) is 0 Å². The zero-order valence-electron chi connectivity index (χ0n) is 10.6. The molecule has 1 aromatic rings. The molecule has 1 fully saturated rings. The van der Waals surface area contributed by atoms with E-state index in [1.165, 1.54) is 6.07 Å². The summed E-state index contributed by atoms with van der Waals surface area (Å²) in [5.74, 6) is 0.633. The van der Waals surface area contributed by atoms with Crippen LogP contribution in [0.4, 0.5) is 0 Å². The number of ether oxygens (including phenoxy) is 2. The van der Waals surface area contributed by atoms with Crippen molar-refractivity contribution in [2.24, 2.45) is 11.1 Å². The highest BCUT2D eigenvalue weighted by atomic mass is 79.9. The van der Waals surface area contributed by atoms with Gasteiger partial charge >= 0.3 is 0 Å². The topological polar surface area (TPSA) is 78.6 Å². The smallest absolute Gasteiger partial charge is 0.241 e. The molecule has 106 valence electrons. The summed E-state index contributed by atoms with van der Waals surface area (Å²) in [7, 11) is -3.81. The summed E-state index contributed by atoms with van der Waals surface area (Å²) in [6, 6.07) is 3.26. The van der Waals surface area contributed by atoms with Gasteiger partial charge in [0.1, 0.15) is 10.6 Å². The van der Waals surface area contributed by atoms with Gasteiger partial charge in [-0.2, -0.15) is 0 Å². The third-order valence-corrected chi connectivity index (χ3v) is 4.37. The van der Waals surface area contributed by atoms with E-state index in [0.717, 1.165) is 18.6 Å². The van der Waals surface area contributed by atoms with E-state index in [9.17, 15) is 8.42 Å². The van der Waals surface area contributed by atoms with Crippen LogP contribution in [-0.2, 0) is 14.8 Å². The maximum Gasteiger partial charge on any atom is 0.241 e. The summed E-state index contributed by atoms with van der Waals surface area (Å²) in [5, 5.41) is 5.23. The largest absolute Gasteiger partial charge is 0.492 e. The van der Waals surface area contributed by atoms with Gasteiger partial charge in [-0.15, -0.1) is 0 Å². The second-order valence-electron chi connectivity index (χ2n) is 4.64. The first kappa shape index (κ1) is 14.8. The van der Waals surface area contributed by atoms with E-state index in [4.69, 9.17) is 14.6 Å². The lowest BCUT2D eigenvalue weighted by atomic mass is 10.1. The van der Waals surface area contributed by atoms with E-state index in [-0.39, 0.29) is 4.90 Å². The Morgan fingerprint density at radius 2 is 2.26 bits per heavy atom. The second kappa shape index (κ2) is 5.78. The number of halogens is 1. The van der Waals surface area contributed by atoms with Crippen molar-refractivity contribution in [1.82, 2.24) is 0 Å². The van der Waals surface area contributed by atoms with Gasteiger partial charge in [0.25, 0.3) is 0 Å². The Morgan fingerprint density at radius 1 is 1.53 bits per heavy atom. The fourth-order valence-corrected chi connectivity index (χ4v) is 3.50. The molecule has 1 aliphatic heterocycles. The van der Waals surface area contributed by atoms with Crippen LogP contribution in [-0.4, -0.2) is 28.2 Å². The minimum absolute atomic E-state index is 0.0123. The molecule has 1 aliphatic rings. The molecule has 0 aliphatic carbocycles. The van der Waals surface area contributed by atoms with Crippen LogP contribution in [0, 0.1) is 12.8 Å². The normalized spacial score (nSPS) is 19.6. The predicted molar refractivity (Wildman–Crippen MR) is 74.7 cm³/mol. The lowest BCUT2D eigenvalue weighted by Crippen LogP contribution is -2.17. The highest BCUT2D eigenvalue weighted by Crippen LogP contribution is 2.31. The maximum atomic E-state index is 11.6. The van der Waals surface area contributed by atoms with E-state index in [0.29, 0.717) is 29.4 Å². The first-order chi connectivity index (χ1) is 8.88. The highest BCUT2D eigenvalue weighted by Gasteiger charge is 2.21. The molecular weight excluding hydrogens is 334 g/mol. The number of hydrogen-bond donors (Lipinski definition) is 1. The number of sulfonamides is 1. The number of benzene rings is 1. The van der Waals surface area contributed by atoms with Crippen molar-refractivity contribution in [1.29, 1.82) is 0 Å². The van der Waals surface area contributed by atoms with E-state index < -0.39 is 10.0 Å². The van der Waals surface area contributed by atoms with E-state index in [1.54, 1.807) is 13.0 Å². The summed E-state index contributed by atoms with van der Waals surface area (Å²) in [6.45, 7) is 3.61. The second-order valence-corrected chi connectivity index (χ2v) is 7.08. The number of primary sulfonamides is 1. The summed E-state index contributed by atoms with van der Waals surface area (Å²) >= 11 is 3.26. The minimum Gasteiger partial charge on any atom is -0.492 e. The average molecular weight is 350 g/mol. The molecule has 1 saturated heterocycles. The monoisotopic (exact) mass is 349 g/mol. The molecule has 2 rings (SSSR count). The standard InChI is InChI=1S/C12H16BrNO4S/c1-8-4-10(13)5-11(19(14,15)16)12(8)18-7-9-2-3-17-6-9/h4-5,9H,2-3,6-7H2,1H3,(H2,14,15,16). The Kier molecular flexibility index (Phi) is 4.50. The fourth-order valence-electron chi connectivity index (χ4n) is 2.01. The fraction of sp³-hybridized carbons (Fsp3) is 0.500. The van der Waals surface area contributed by atoms with Crippen molar-refractivity contribution in [3.63, 3.8) is 0 Å². The van der Waals surface area contributed by atoms with Gasteiger partial charge in [-0.3, -0.25) is 0 Å². The Morgan fingerprint density at radius 3 is 2.84 bits per heavy atom. The number of rotatable bonds is 4. The van der Waals surface area contributed by atoms with Gasteiger partial charge in [-0.25, -0.2) is 13.6 Å². The molecule has 0 radical (unpaired) electrons. The zero-order valence-corrected chi connectivity index (χ0v) is 13.0. The number of hydrogen-bond acceptors (Lipinski definition) is 4. The van der Waals surface area contributed by atoms with Crippen molar-refractivity contribution < 1.29 is 17.9 Å². The summed E-state index contributed by atoms with van der Waals surface area (Å²) in [5.41, 5.74) is 0.734. The van der Waals surface area contributed by atoms with Gasteiger partial charge in [0.15, 0.2) is 0 Å². The van der Waals surface area contributed by atoms with Crippen LogP contribution in [0.3, 0.4) is 0 Å². The van der Waals surface area contributed by atoms with Crippen LogP contribution in [0.15, 0.2) is 21.5 Å². The van der Waals surface area contributed by atoms with Gasteiger partial charge in [-0.05, 0) is 31.0 Å². The van der Waals surface area contributed by atoms with Gasteiger partial charge in [0.05, 0.1) is 13.2 Å². The van der Waals surface area contributed by atoms with Crippen molar-refractivity contribution in [3.8, 4) is 5.75 Å². The Balaban J connectivity index is 2.27. The molecule has 0 amide bonds. The average Bonchev–Trinajstić information content (AvgIpc) is 2.78. The van der Waals surface area contributed by atoms with Crippen molar-refractivity contribution >= 4 is 26.0 Å². The Bertz CT molecular complexity index is 567. The molecule has 19 heavy (non-hydrogen) atoms. The zero-order chi connectivity index (χ0) is 14.0. The Hall–Kier alpha value is -0.630. The first-order valence-electron chi connectivity index (χ1n) is 5.91. The molecule has 1 unspecified atom stereocenters. The van der Waals surface area contributed by atoms with Crippen LogP contribution >= 0.6 is 15.9 Å². The SMILES string of the molecule is Cc1cc(Br)cc(S(N)(=O)=O)c1OCC1CCOC1. The van der Waals surface area contributed by atoms with E-state index in [2.05, 4.69) is 15.9 Å². The van der Waals surface area contributed by atoms with Gasteiger partial charge in [-0.1, -0.05) is 15.9 Å². The lowest BCUT2D eigenvalue weighted by molar-refractivity contribution is 0.166. The summed E-state index contributed by atoms with van der Waals surface area (Å²) < 4.78 is 34.8. The lowest BCUT2D eigenvalue weighted by Gasteiger charge is -2.15. The predicted octanol–water partition coefficient (Wildman–Crippen LogP) is 1.82. The van der Waals surface area contributed by atoms with Gasteiger partial charge in [0, 0.05) is 17.0 Å². The molecular formula is C12H16BrNO4S. The Labute approximate surface area is 121 Å². The quantitative estimate of drug-likeness (QED) is 0.899. The van der Waals surface area contributed by atoms with Gasteiger partial charge in [0.2, 0.25) is 10.0 Å². The van der Waals surface area contributed by atoms with Gasteiger partial charge < -0.3 is 9.47 Å². The molecule has 0 aromatic heterocycles. The third-order valence-electron chi connectivity index (χ3n) is 3.00. The molecule has 1 atom stereocenters. The minimum atomic E-state index is -3.81. The third kappa shape index (κ3) is 3.68. The molecule has 0 bridgehead atoms. The highest BCUT2D eigenvalue weighted by molar-refractivity contribution is 9.10. The van der Waals surface area contributed by atoms with Crippen molar-refractivity contribution in [2.75, 3.05) is 19.8 Å². The number of nitrogens with two attached hydrogens (primary N) is 1.